The lowest BCUT2D eigenvalue weighted by molar-refractivity contribution is -0.110. The number of aldehydes is 1. The first-order chi connectivity index (χ1) is 5.60. The second-order valence-corrected chi connectivity index (χ2v) is 3.24. The molecule has 0 radical (unpaired) electrons. The van der Waals surface area contributed by atoms with Crippen molar-refractivity contribution in [1.29, 1.82) is 0 Å². The van der Waals surface area contributed by atoms with Crippen LogP contribution in [0, 0.1) is 5.92 Å². The van der Waals surface area contributed by atoms with E-state index in [2.05, 4.69) is 0 Å². The number of hydrogen-bond donors (Lipinski definition) is 1. The van der Waals surface area contributed by atoms with Crippen molar-refractivity contribution >= 4 is 6.29 Å². The van der Waals surface area contributed by atoms with E-state index in [1.54, 1.807) is 6.92 Å². The average Bonchev–Trinajstić information content (AvgIpc) is 2.02. The highest BCUT2D eigenvalue weighted by molar-refractivity contribution is 5.53. The molecule has 0 aliphatic carbocycles. The van der Waals surface area contributed by atoms with Crippen LogP contribution in [0.1, 0.15) is 33.6 Å². The van der Waals surface area contributed by atoms with E-state index in [1.807, 2.05) is 19.9 Å². The zero-order valence-corrected chi connectivity index (χ0v) is 8.08. The molecule has 0 saturated carbocycles. The van der Waals surface area contributed by atoms with Gasteiger partial charge in [0, 0.05) is 5.92 Å². The van der Waals surface area contributed by atoms with Crippen LogP contribution in [-0.4, -0.2) is 17.5 Å². The third-order valence-electron chi connectivity index (χ3n) is 1.75. The number of allylic oxidation sites excluding steroid dienone is 1. The Morgan fingerprint density at radius 2 is 2.08 bits per heavy atom. The van der Waals surface area contributed by atoms with Crippen LogP contribution >= 0.6 is 0 Å². The fourth-order valence-electron chi connectivity index (χ4n) is 1.13. The van der Waals surface area contributed by atoms with Gasteiger partial charge in [-0.3, -0.25) is 0 Å². The molecule has 0 aromatic carbocycles. The molecule has 0 aliphatic rings. The molecule has 2 heteroatoms. The van der Waals surface area contributed by atoms with E-state index in [-0.39, 0.29) is 5.92 Å². The van der Waals surface area contributed by atoms with Gasteiger partial charge in [0.25, 0.3) is 0 Å². The number of hydrogen-bond acceptors (Lipinski definition) is 2. The maximum Gasteiger partial charge on any atom is 0.123 e. The first kappa shape index (κ1) is 11.4. The van der Waals surface area contributed by atoms with Crippen molar-refractivity contribution in [2.75, 3.05) is 0 Å². The summed E-state index contributed by atoms with van der Waals surface area (Å²) >= 11 is 0. The number of aliphatic hydroxyl groups excluding tert-OH is 1. The van der Waals surface area contributed by atoms with Crippen molar-refractivity contribution in [3.05, 3.63) is 11.6 Å². The van der Waals surface area contributed by atoms with Crippen molar-refractivity contribution in [2.45, 2.75) is 39.7 Å². The molecule has 70 valence electrons. The number of rotatable bonds is 5. The Bertz CT molecular complexity index is 159. The number of carbonyl (C=O) groups is 1. The molecule has 0 heterocycles. The summed E-state index contributed by atoms with van der Waals surface area (Å²) in [6, 6.07) is 0. The summed E-state index contributed by atoms with van der Waals surface area (Å²) in [7, 11) is 0. The molecule has 0 saturated heterocycles. The van der Waals surface area contributed by atoms with Crippen LogP contribution in [-0.2, 0) is 4.79 Å². The lowest BCUT2D eigenvalue weighted by Crippen LogP contribution is -2.01. The lowest BCUT2D eigenvalue weighted by Gasteiger charge is -2.07. The second-order valence-electron chi connectivity index (χ2n) is 3.24. The van der Waals surface area contributed by atoms with E-state index in [9.17, 15) is 4.79 Å². The van der Waals surface area contributed by atoms with Crippen LogP contribution < -0.4 is 0 Å². The summed E-state index contributed by atoms with van der Waals surface area (Å²) in [6.07, 6.45) is 4.04. The molecule has 2 unspecified atom stereocenters. The third-order valence-corrected chi connectivity index (χ3v) is 1.75. The molecule has 0 spiro atoms. The maximum atomic E-state index is 10.4. The smallest absolute Gasteiger partial charge is 0.123 e. The predicted molar refractivity (Wildman–Crippen MR) is 49.9 cm³/mol. The Morgan fingerprint density at radius 1 is 1.50 bits per heavy atom. The molecule has 0 aromatic rings. The third kappa shape index (κ3) is 5.08. The van der Waals surface area contributed by atoms with E-state index in [0.29, 0.717) is 0 Å². The fourth-order valence-corrected chi connectivity index (χ4v) is 1.13. The Morgan fingerprint density at radius 3 is 2.42 bits per heavy atom. The first-order valence-corrected chi connectivity index (χ1v) is 4.43. The van der Waals surface area contributed by atoms with E-state index < -0.39 is 6.10 Å². The summed E-state index contributed by atoms with van der Waals surface area (Å²) in [4.78, 5) is 10.4. The minimum atomic E-state index is -0.404. The van der Waals surface area contributed by atoms with Crippen LogP contribution in [0.3, 0.4) is 0 Å². The van der Waals surface area contributed by atoms with Gasteiger partial charge >= 0.3 is 0 Å². The highest BCUT2D eigenvalue weighted by atomic mass is 16.3. The molecule has 0 bridgehead atoms. The highest BCUT2D eigenvalue weighted by Crippen LogP contribution is 2.13. The normalized spacial score (nSPS) is 17.2. The van der Waals surface area contributed by atoms with Crippen LogP contribution in [0.4, 0.5) is 0 Å². The topological polar surface area (TPSA) is 37.3 Å². The maximum absolute atomic E-state index is 10.4. The zero-order valence-electron chi connectivity index (χ0n) is 8.08. The van der Waals surface area contributed by atoms with Crippen molar-refractivity contribution in [2.24, 2.45) is 5.92 Å². The first-order valence-electron chi connectivity index (χ1n) is 4.43. The molecular formula is C10H18O2. The molecule has 0 aromatic heterocycles. The van der Waals surface area contributed by atoms with Gasteiger partial charge in [-0.1, -0.05) is 25.5 Å². The molecule has 2 atom stereocenters. The van der Waals surface area contributed by atoms with Gasteiger partial charge in [-0.25, -0.2) is 0 Å². The minimum Gasteiger partial charge on any atom is -0.389 e. The Hall–Kier alpha value is -0.630. The van der Waals surface area contributed by atoms with E-state index in [4.69, 9.17) is 5.11 Å². The summed E-state index contributed by atoms with van der Waals surface area (Å²) < 4.78 is 0. The van der Waals surface area contributed by atoms with Gasteiger partial charge in [0.2, 0.25) is 0 Å². The van der Waals surface area contributed by atoms with Crippen LogP contribution in [0.2, 0.25) is 0 Å². The monoisotopic (exact) mass is 170 g/mol. The fraction of sp³-hybridized carbons (Fsp3) is 0.700. The SMILES string of the molecule is CCC(=CC(C)O)CC(C)C=O. The Balaban J connectivity index is 4.07. The lowest BCUT2D eigenvalue weighted by atomic mass is 9.99. The summed E-state index contributed by atoms with van der Waals surface area (Å²) in [5.74, 6) is 0.0648. The predicted octanol–water partition coefficient (Wildman–Crippen LogP) is 1.93. The second kappa shape index (κ2) is 5.95. The number of aliphatic hydroxyl groups is 1. The van der Waals surface area contributed by atoms with E-state index >= 15 is 0 Å². The Labute approximate surface area is 74.3 Å². The Kier molecular flexibility index (Phi) is 5.64. The molecule has 12 heavy (non-hydrogen) atoms. The summed E-state index contributed by atoms with van der Waals surface area (Å²) in [6.45, 7) is 5.64. The van der Waals surface area contributed by atoms with Gasteiger partial charge in [0.1, 0.15) is 6.29 Å². The van der Waals surface area contributed by atoms with Crippen LogP contribution in [0.5, 0.6) is 0 Å². The van der Waals surface area contributed by atoms with Gasteiger partial charge in [-0.05, 0) is 19.8 Å². The van der Waals surface area contributed by atoms with Crippen molar-refractivity contribution < 1.29 is 9.90 Å². The highest BCUT2D eigenvalue weighted by Gasteiger charge is 2.03. The summed E-state index contributed by atoms with van der Waals surface area (Å²) in [5.41, 5.74) is 1.16. The largest absolute Gasteiger partial charge is 0.389 e. The molecule has 0 fully saturated rings. The summed E-state index contributed by atoms with van der Waals surface area (Å²) in [5, 5.41) is 9.07. The molecular weight excluding hydrogens is 152 g/mol. The molecule has 0 amide bonds. The van der Waals surface area contributed by atoms with Gasteiger partial charge in [-0.15, -0.1) is 0 Å². The van der Waals surface area contributed by atoms with Crippen molar-refractivity contribution in [3.63, 3.8) is 0 Å². The number of carbonyl (C=O) groups excluding carboxylic acids is 1. The molecule has 1 N–H and O–H groups in total. The van der Waals surface area contributed by atoms with Gasteiger partial charge < -0.3 is 9.90 Å². The van der Waals surface area contributed by atoms with Crippen molar-refractivity contribution in [1.82, 2.24) is 0 Å². The van der Waals surface area contributed by atoms with Gasteiger partial charge in [0.15, 0.2) is 0 Å². The minimum absolute atomic E-state index is 0.0648. The van der Waals surface area contributed by atoms with Crippen molar-refractivity contribution in [3.8, 4) is 0 Å². The average molecular weight is 170 g/mol. The van der Waals surface area contributed by atoms with Gasteiger partial charge in [0.05, 0.1) is 6.10 Å². The quantitative estimate of drug-likeness (QED) is 0.505. The van der Waals surface area contributed by atoms with Gasteiger partial charge in [-0.2, -0.15) is 0 Å². The molecule has 0 aliphatic heterocycles. The van der Waals surface area contributed by atoms with Crippen LogP contribution in [0.15, 0.2) is 11.6 Å². The molecule has 2 nitrogen and oxygen atoms in total. The van der Waals surface area contributed by atoms with E-state index in [1.165, 1.54) is 0 Å². The van der Waals surface area contributed by atoms with E-state index in [0.717, 1.165) is 24.7 Å². The standard InChI is InChI=1S/C10H18O2/c1-4-10(6-9(3)12)5-8(2)7-11/h6-9,12H,4-5H2,1-3H3. The van der Waals surface area contributed by atoms with Crippen LogP contribution in [0.25, 0.3) is 0 Å². The molecule has 0 rings (SSSR count). The zero-order chi connectivity index (χ0) is 9.56.